The van der Waals surface area contributed by atoms with E-state index in [1.54, 1.807) is 4.57 Å². The fraction of sp³-hybridized carbons (Fsp3) is 0.765. The van der Waals surface area contributed by atoms with Crippen LogP contribution in [0.4, 0.5) is 0 Å². The van der Waals surface area contributed by atoms with Gasteiger partial charge in [-0.2, -0.15) is 0 Å². The van der Waals surface area contributed by atoms with E-state index in [1.165, 1.54) is 4.57 Å². The molecule has 1 aliphatic rings. The number of nitrogens with zero attached hydrogens (tertiary/aromatic N) is 2. The molecule has 0 amide bonds. The van der Waals surface area contributed by atoms with Gasteiger partial charge in [0.05, 0.1) is 0 Å². The third kappa shape index (κ3) is 3.35. The highest BCUT2D eigenvalue weighted by Gasteiger charge is 2.23. The summed E-state index contributed by atoms with van der Waals surface area (Å²) in [6, 6.07) is 0. The van der Waals surface area contributed by atoms with Gasteiger partial charge >= 0.3 is 5.69 Å². The van der Waals surface area contributed by atoms with E-state index >= 15 is 0 Å². The minimum Gasteiger partial charge on any atom is -0.358 e. The van der Waals surface area contributed by atoms with E-state index in [2.05, 4.69) is 6.92 Å². The van der Waals surface area contributed by atoms with Crippen LogP contribution in [0, 0.1) is 6.92 Å². The minimum atomic E-state index is -0.392. The molecule has 0 N–H and O–H groups in total. The molecule has 1 atom stereocenters. The van der Waals surface area contributed by atoms with Crippen LogP contribution in [0.5, 0.6) is 0 Å². The zero-order valence-corrected chi connectivity index (χ0v) is 14.1. The second-order valence-corrected chi connectivity index (χ2v) is 6.06. The van der Waals surface area contributed by atoms with Crippen molar-refractivity contribution < 1.29 is 4.74 Å². The first-order valence-corrected chi connectivity index (χ1v) is 8.58. The third-order valence-electron chi connectivity index (χ3n) is 4.54. The maximum Gasteiger partial charge on any atom is 0.333 e. The Labute approximate surface area is 131 Å². The van der Waals surface area contributed by atoms with Crippen molar-refractivity contribution in [1.82, 2.24) is 9.13 Å². The van der Waals surface area contributed by atoms with Crippen LogP contribution >= 0.6 is 0 Å². The van der Waals surface area contributed by atoms with E-state index in [-0.39, 0.29) is 11.2 Å². The second kappa shape index (κ2) is 7.77. The Morgan fingerprint density at radius 1 is 1.18 bits per heavy atom. The lowest BCUT2D eigenvalue weighted by atomic mass is 10.1. The van der Waals surface area contributed by atoms with Gasteiger partial charge in [-0.25, -0.2) is 9.36 Å². The van der Waals surface area contributed by atoms with Crippen molar-refractivity contribution in [3.05, 3.63) is 32.1 Å². The van der Waals surface area contributed by atoms with E-state index in [4.69, 9.17) is 4.74 Å². The number of unbranched alkanes of at least 4 members (excludes halogenated alkanes) is 2. The van der Waals surface area contributed by atoms with Gasteiger partial charge in [0.1, 0.15) is 6.23 Å². The Balaban J connectivity index is 2.49. The lowest BCUT2D eigenvalue weighted by Crippen LogP contribution is -2.46. The number of ether oxygens (including phenoxy) is 1. The van der Waals surface area contributed by atoms with E-state index < -0.39 is 6.23 Å². The molecular weight excluding hydrogens is 280 g/mol. The van der Waals surface area contributed by atoms with Gasteiger partial charge in [-0.15, -0.1) is 0 Å². The van der Waals surface area contributed by atoms with Crippen LogP contribution in [0.2, 0.25) is 0 Å². The summed E-state index contributed by atoms with van der Waals surface area (Å²) in [5.74, 6) is 0. The van der Waals surface area contributed by atoms with Gasteiger partial charge in [-0.05, 0) is 39.0 Å². The predicted molar refractivity (Wildman–Crippen MR) is 87.4 cm³/mol. The zero-order chi connectivity index (χ0) is 16.1. The van der Waals surface area contributed by atoms with Crippen molar-refractivity contribution in [2.45, 2.75) is 78.5 Å². The summed E-state index contributed by atoms with van der Waals surface area (Å²) < 4.78 is 8.83. The number of aromatic nitrogens is 2. The maximum atomic E-state index is 12.8. The molecule has 124 valence electrons. The topological polar surface area (TPSA) is 53.2 Å². The van der Waals surface area contributed by atoms with Crippen LogP contribution in [-0.4, -0.2) is 15.7 Å². The fourth-order valence-corrected chi connectivity index (χ4v) is 3.20. The molecule has 1 aliphatic heterocycles. The molecule has 0 radical (unpaired) electrons. The van der Waals surface area contributed by atoms with Crippen molar-refractivity contribution in [2.24, 2.45) is 0 Å². The number of rotatable bonds is 6. The van der Waals surface area contributed by atoms with Crippen molar-refractivity contribution in [2.75, 3.05) is 6.61 Å². The second-order valence-electron chi connectivity index (χ2n) is 6.06. The molecule has 1 fully saturated rings. The molecule has 1 aromatic rings. The summed E-state index contributed by atoms with van der Waals surface area (Å²) >= 11 is 0. The molecule has 0 aliphatic carbocycles. The average molecular weight is 308 g/mol. The molecule has 1 unspecified atom stereocenters. The van der Waals surface area contributed by atoms with Crippen LogP contribution in [0.3, 0.4) is 0 Å². The number of hydrogen-bond acceptors (Lipinski definition) is 3. The first-order chi connectivity index (χ1) is 10.6. The molecule has 0 saturated carbocycles. The first kappa shape index (κ1) is 17.0. The Kier molecular flexibility index (Phi) is 6.00. The normalized spacial score (nSPS) is 18.6. The van der Waals surface area contributed by atoms with Gasteiger partial charge in [-0.1, -0.05) is 26.7 Å². The smallest absolute Gasteiger partial charge is 0.333 e. The highest BCUT2D eigenvalue weighted by atomic mass is 16.5. The average Bonchev–Trinajstić information content (AvgIpc) is 2.52. The summed E-state index contributed by atoms with van der Waals surface area (Å²) in [7, 11) is 0. The molecule has 5 heteroatoms. The van der Waals surface area contributed by atoms with Crippen LogP contribution in [0.1, 0.15) is 69.9 Å². The maximum absolute atomic E-state index is 12.8. The zero-order valence-electron chi connectivity index (χ0n) is 14.1. The van der Waals surface area contributed by atoms with Crippen LogP contribution in [0.15, 0.2) is 9.59 Å². The van der Waals surface area contributed by atoms with Gasteiger partial charge in [0.25, 0.3) is 5.56 Å². The third-order valence-corrected chi connectivity index (χ3v) is 4.54. The van der Waals surface area contributed by atoms with E-state index in [1.807, 2.05) is 13.8 Å². The van der Waals surface area contributed by atoms with E-state index in [0.29, 0.717) is 19.6 Å². The summed E-state index contributed by atoms with van der Waals surface area (Å²) in [5.41, 5.74) is 1.19. The molecule has 0 aromatic carbocycles. The lowest BCUT2D eigenvalue weighted by Gasteiger charge is -2.26. The van der Waals surface area contributed by atoms with Crippen molar-refractivity contribution >= 4 is 0 Å². The molecule has 1 aromatic heterocycles. The quantitative estimate of drug-likeness (QED) is 0.759. The van der Waals surface area contributed by atoms with Crippen LogP contribution < -0.4 is 11.2 Å². The van der Waals surface area contributed by atoms with E-state index in [9.17, 15) is 9.59 Å². The summed E-state index contributed by atoms with van der Waals surface area (Å²) in [6.07, 6.45) is 6.17. The van der Waals surface area contributed by atoms with Gasteiger partial charge in [0, 0.05) is 24.4 Å². The molecule has 5 nitrogen and oxygen atoms in total. The molecule has 0 bridgehead atoms. The van der Waals surface area contributed by atoms with Crippen molar-refractivity contribution in [3.63, 3.8) is 0 Å². The van der Waals surface area contributed by atoms with E-state index in [0.717, 1.165) is 49.8 Å². The molecule has 22 heavy (non-hydrogen) atoms. The Bertz CT molecular complexity index is 610. The van der Waals surface area contributed by atoms with Gasteiger partial charge in [-0.3, -0.25) is 9.36 Å². The number of hydrogen-bond donors (Lipinski definition) is 0. The Morgan fingerprint density at radius 2 is 1.95 bits per heavy atom. The summed E-state index contributed by atoms with van der Waals surface area (Å²) in [4.78, 5) is 25.5. The van der Waals surface area contributed by atoms with Gasteiger partial charge < -0.3 is 4.74 Å². The molecule has 2 rings (SSSR count). The lowest BCUT2D eigenvalue weighted by molar-refractivity contribution is -0.0378. The summed E-state index contributed by atoms with van der Waals surface area (Å²) in [6.45, 7) is 7.31. The molecule has 1 saturated heterocycles. The largest absolute Gasteiger partial charge is 0.358 e. The Morgan fingerprint density at radius 3 is 2.55 bits per heavy atom. The SMILES string of the molecule is CCCCCn1c(C)c(CC)c(=O)n(C2CCCCO2)c1=O. The molecule has 2 heterocycles. The molecule has 0 spiro atoms. The monoisotopic (exact) mass is 308 g/mol. The highest BCUT2D eigenvalue weighted by Crippen LogP contribution is 2.20. The van der Waals surface area contributed by atoms with Gasteiger partial charge in [0.15, 0.2) is 0 Å². The van der Waals surface area contributed by atoms with Crippen molar-refractivity contribution in [1.29, 1.82) is 0 Å². The predicted octanol–water partition coefficient (Wildman–Crippen LogP) is 2.77. The standard InChI is InChI=1S/C17H28N2O3/c1-4-6-8-11-18-13(3)14(5-2)16(20)19(17(18)21)15-10-7-9-12-22-15/h15H,4-12H2,1-3H3. The summed E-state index contributed by atoms with van der Waals surface area (Å²) in [5, 5.41) is 0. The van der Waals surface area contributed by atoms with Crippen molar-refractivity contribution in [3.8, 4) is 0 Å². The van der Waals surface area contributed by atoms with Crippen LogP contribution in [0.25, 0.3) is 0 Å². The minimum absolute atomic E-state index is 0.163. The first-order valence-electron chi connectivity index (χ1n) is 8.58. The molecular formula is C17H28N2O3. The highest BCUT2D eigenvalue weighted by molar-refractivity contribution is 5.17. The van der Waals surface area contributed by atoms with Crippen LogP contribution in [-0.2, 0) is 17.7 Å². The van der Waals surface area contributed by atoms with Gasteiger partial charge in [0.2, 0.25) is 0 Å². The fourth-order valence-electron chi connectivity index (χ4n) is 3.20. The Hall–Kier alpha value is -1.36.